The molecule has 0 aliphatic rings. The predicted molar refractivity (Wildman–Crippen MR) is 122 cm³/mol. The van der Waals surface area contributed by atoms with E-state index in [1.165, 1.54) is 13.8 Å². The molecule has 3 rings (SSSR count). The first-order chi connectivity index (χ1) is 15.2. The van der Waals surface area contributed by atoms with E-state index in [1.807, 2.05) is 19.1 Å². The molecule has 0 spiro atoms. The lowest BCUT2D eigenvalue weighted by molar-refractivity contribution is -0.131. The quantitative estimate of drug-likeness (QED) is 0.314. The lowest BCUT2D eigenvalue weighted by atomic mass is 9.90. The maximum absolute atomic E-state index is 12.8. The van der Waals surface area contributed by atoms with Gasteiger partial charge < -0.3 is 4.74 Å². The van der Waals surface area contributed by atoms with Crippen LogP contribution >= 0.6 is 0 Å². The van der Waals surface area contributed by atoms with Gasteiger partial charge in [0.25, 0.3) is 0 Å². The summed E-state index contributed by atoms with van der Waals surface area (Å²) in [4.78, 5) is 23.0. The Morgan fingerprint density at radius 2 is 1.38 bits per heavy atom. The van der Waals surface area contributed by atoms with Crippen molar-refractivity contribution in [2.24, 2.45) is 0 Å². The van der Waals surface area contributed by atoms with Gasteiger partial charge in [-0.25, -0.2) is 13.1 Å². The highest BCUT2D eigenvalue weighted by Crippen LogP contribution is 2.27. The average Bonchev–Trinajstić information content (AvgIpc) is 2.75. The van der Waals surface area contributed by atoms with E-state index in [-0.39, 0.29) is 23.1 Å². The van der Waals surface area contributed by atoms with Crippen molar-refractivity contribution in [3.05, 3.63) is 95.1 Å². The van der Waals surface area contributed by atoms with Crippen LogP contribution in [0, 0.1) is 6.92 Å². The third-order valence-electron chi connectivity index (χ3n) is 5.07. The van der Waals surface area contributed by atoms with E-state index in [0.29, 0.717) is 11.3 Å². The van der Waals surface area contributed by atoms with Gasteiger partial charge in [0.2, 0.25) is 10.0 Å². The largest absolute Gasteiger partial charge is 0.427 e. The SMILES string of the molecule is CC(=O)Oc1ccc([C@@H](CNS(=O)(=O)c2ccc(C)cc2)c2ccc(C(C)=O)cc2)cc1. The molecule has 1 atom stereocenters. The van der Waals surface area contributed by atoms with Gasteiger partial charge in [-0.15, -0.1) is 0 Å². The van der Waals surface area contributed by atoms with Gasteiger partial charge >= 0.3 is 5.97 Å². The summed E-state index contributed by atoms with van der Waals surface area (Å²) in [7, 11) is -3.71. The second-order valence-electron chi connectivity index (χ2n) is 7.56. The molecule has 1 N–H and O–H groups in total. The van der Waals surface area contributed by atoms with Crippen LogP contribution in [-0.2, 0) is 14.8 Å². The van der Waals surface area contributed by atoms with Crippen molar-refractivity contribution in [3.63, 3.8) is 0 Å². The molecule has 0 saturated carbocycles. The molecule has 0 bridgehead atoms. The van der Waals surface area contributed by atoms with Crippen LogP contribution in [0.4, 0.5) is 0 Å². The van der Waals surface area contributed by atoms with Crippen molar-refractivity contribution >= 4 is 21.8 Å². The molecule has 0 radical (unpaired) electrons. The third kappa shape index (κ3) is 5.90. The lowest BCUT2D eigenvalue weighted by Gasteiger charge is -2.20. The summed E-state index contributed by atoms with van der Waals surface area (Å²) in [5, 5.41) is 0. The van der Waals surface area contributed by atoms with Crippen LogP contribution in [0.1, 0.15) is 46.8 Å². The Hall–Kier alpha value is -3.29. The molecule has 166 valence electrons. The molecule has 7 heteroatoms. The highest BCUT2D eigenvalue weighted by Gasteiger charge is 2.20. The number of benzene rings is 3. The van der Waals surface area contributed by atoms with Gasteiger partial charge in [0, 0.05) is 24.9 Å². The number of carbonyl (C=O) groups excluding carboxylic acids is 2. The van der Waals surface area contributed by atoms with Gasteiger partial charge in [0.1, 0.15) is 5.75 Å². The second-order valence-corrected chi connectivity index (χ2v) is 9.33. The fourth-order valence-corrected chi connectivity index (χ4v) is 4.35. The van der Waals surface area contributed by atoms with Crippen LogP contribution in [0.3, 0.4) is 0 Å². The molecular formula is C25H25NO5S. The number of ketones is 1. The highest BCUT2D eigenvalue weighted by atomic mass is 32.2. The number of nitrogens with one attached hydrogen (secondary N) is 1. The zero-order valence-corrected chi connectivity index (χ0v) is 19.0. The first-order valence-electron chi connectivity index (χ1n) is 10.1. The topological polar surface area (TPSA) is 89.5 Å². The molecule has 0 saturated heterocycles. The van der Waals surface area contributed by atoms with Gasteiger partial charge in [0.05, 0.1) is 4.90 Å². The van der Waals surface area contributed by atoms with Crippen LogP contribution in [-0.4, -0.2) is 26.7 Å². The number of ether oxygens (including phenoxy) is 1. The van der Waals surface area contributed by atoms with Gasteiger partial charge in [-0.2, -0.15) is 0 Å². The van der Waals surface area contributed by atoms with Crippen LogP contribution in [0.2, 0.25) is 0 Å². The van der Waals surface area contributed by atoms with Crippen molar-refractivity contribution in [2.45, 2.75) is 31.6 Å². The number of hydrogen-bond acceptors (Lipinski definition) is 5. The van der Waals surface area contributed by atoms with Gasteiger partial charge in [-0.05, 0) is 49.2 Å². The number of carbonyl (C=O) groups is 2. The van der Waals surface area contributed by atoms with E-state index in [0.717, 1.165) is 16.7 Å². The fraction of sp³-hybridized carbons (Fsp3) is 0.200. The molecule has 0 unspecified atom stereocenters. The van der Waals surface area contributed by atoms with E-state index in [1.54, 1.807) is 60.7 Å². The fourth-order valence-electron chi connectivity index (χ4n) is 3.31. The summed E-state index contributed by atoms with van der Waals surface area (Å²) in [5.74, 6) is -0.367. The second kappa shape index (κ2) is 9.89. The number of aryl methyl sites for hydroxylation is 1. The van der Waals surface area contributed by atoms with Crippen LogP contribution in [0.25, 0.3) is 0 Å². The lowest BCUT2D eigenvalue weighted by Crippen LogP contribution is -2.29. The summed E-state index contributed by atoms with van der Waals surface area (Å²) in [6.45, 7) is 4.83. The Labute approximate surface area is 188 Å². The van der Waals surface area contributed by atoms with E-state index < -0.39 is 16.0 Å². The average molecular weight is 452 g/mol. The standard InChI is InChI=1S/C25H25NO5S/c1-17-4-14-24(15-5-17)32(29,30)26-16-25(21-8-6-20(7-9-21)18(2)27)22-10-12-23(13-11-22)31-19(3)28/h4-15,25-26H,16H2,1-3H3/t25-/m0/s1. The van der Waals surface area contributed by atoms with Crippen LogP contribution < -0.4 is 9.46 Å². The molecule has 0 heterocycles. The third-order valence-corrected chi connectivity index (χ3v) is 6.51. The minimum absolute atomic E-state index is 0.0427. The van der Waals surface area contributed by atoms with Crippen LogP contribution in [0.5, 0.6) is 5.75 Å². The number of sulfonamides is 1. The molecule has 32 heavy (non-hydrogen) atoms. The van der Waals surface area contributed by atoms with Gasteiger partial charge in [-0.3, -0.25) is 9.59 Å². The summed E-state index contributed by atoms with van der Waals surface area (Å²) in [6.07, 6.45) is 0. The maximum Gasteiger partial charge on any atom is 0.308 e. The van der Waals surface area contributed by atoms with Crippen molar-refractivity contribution in [3.8, 4) is 5.75 Å². The number of Topliss-reactive ketones (excluding diaryl/α,β-unsaturated/α-hetero) is 1. The van der Waals surface area contributed by atoms with E-state index in [2.05, 4.69) is 4.72 Å². The van der Waals surface area contributed by atoms with E-state index >= 15 is 0 Å². The van der Waals surface area contributed by atoms with E-state index in [9.17, 15) is 18.0 Å². The van der Waals surface area contributed by atoms with Gasteiger partial charge in [0.15, 0.2) is 5.78 Å². The number of esters is 1. The van der Waals surface area contributed by atoms with Crippen molar-refractivity contribution in [1.29, 1.82) is 0 Å². The Morgan fingerprint density at radius 3 is 1.88 bits per heavy atom. The molecule has 0 aromatic heterocycles. The molecule has 6 nitrogen and oxygen atoms in total. The Balaban J connectivity index is 1.90. The first kappa shape index (κ1) is 23.4. The van der Waals surface area contributed by atoms with Crippen LogP contribution in [0.15, 0.2) is 77.7 Å². The highest BCUT2D eigenvalue weighted by molar-refractivity contribution is 7.89. The monoisotopic (exact) mass is 451 g/mol. The predicted octanol–water partition coefficient (Wildman–Crippen LogP) is 4.23. The zero-order valence-electron chi connectivity index (χ0n) is 18.2. The summed E-state index contributed by atoms with van der Waals surface area (Å²) in [5.41, 5.74) is 3.24. The summed E-state index contributed by atoms with van der Waals surface area (Å²) in [6, 6.07) is 20.7. The minimum atomic E-state index is -3.71. The number of hydrogen-bond donors (Lipinski definition) is 1. The Bertz CT molecular complexity index is 1200. The van der Waals surface area contributed by atoms with Crippen molar-refractivity contribution < 1.29 is 22.7 Å². The molecule has 0 fully saturated rings. The van der Waals surface area contributed by atoms with Crippen molar-refractivity contribution in [1.82, 2.24) is 4.72 Å². The molecular weight excluding hydrogens is 426 g/mol. The summed E-state index contributed by atoms with van der Waals surface area (Å²) < 4.78 is 33.4. The zero-order chi connectivity index (χ0) is 23.3. The molecule has 3 aromatic carbocycles. The molecule has 0 amide bonds. The molecule has 3 aromatic rings. The summed E-state index contributed by atoms with van der Waals surface area (Å²) >= 11 is 0. The first-order valence-corrected chi connectivity index (χ1v) is 11.6. The van der Waals surface area contributed by atoms with Gasteiger partial charge in [-0.1, -0.05) is 54.1 Å². The smallest absolute Gasteiger partial charge is 0.308 e. The minimum Gasteiger partial charge on any atom is -0.427 e. The Kier molecular flexibility index (Phi) is 7.22. The van der Waals surface area contributed by atoms with E-state index in [4.69, 9.17) is 4.74 Å². The maximum atomic E-state index is 12.8. The number of rotatable bonds is 8. The normalized spacial score (nSPS) is 12.2. The van der Waals surface area contributed by atoms with Crippen molar-refractivity contribution in [2.75, 3.05) is 6.54 Å². The molecule has 0 aliphatic heterocycles. The molecule has 0 aliphatic carbocycles. The Morgan fingerprint density at radius 1 is 0.844 bits per heavy atom.